The van der Waals surface area contributed by atoms with Crippen LogP contribution in [0.2, 0.25) is 0 Å². The van der Waals surface area contributed by atoms with Crippen molar-refractivity contribution in [3.05, 3.63) is 0 Å². The molecule has 0 saturated carbocycles. The first kappa shape index (κ1) is 11.0. The molecule has 0 aliphatic carbocycles. The number of carbonyl (C=O) groups excluding carboxylic acids is 1. The number of ether oxygens (including phenoxy) is 2. The third-order valence-electron chi connectivity index (χ3n) is 0.953. The first-order chi connectivity index (χ1) is 5.45. The molecule has 0 rings (SSSR count). The lowest BCUT2D eigenvalue weighted by molar-refractivity contribution is -0.133. The van der Waals surface area contributed by atoms with Crippen LogP contribution in [-0.2, 0) is 14.3 Å². The average molecular weight is 170 g/mol. The van der Waals surface area contributed by atoms with E-state index in [-0.39, 0.29) is 12.2 Å². The topological polar surface area (TPSA) is 35.5 Å². The minimum Gasteiger partial charge on any atom is -0.459 e. The monoisotopic (exact) mass is 170 g/mol. The summed E-state index contributed by atoms with van der Waals surface area (Å²) in [6, 6.07) is 0. The molecule has 0 N–H and O–H groups in total. The zero-order valence-electron chi connectivity index (χ0n) is 7.93. The van der Waals surface area contributed by atoms with Crippen LogP contribution in [0.25, 0.3) is 0 Å². The zero-order valence-corrected chi connectivity index (χ0v) is 7.93. The molecule has 12 heavy (non-hydrogen) atoms. The quantitative estimate of drug-likeness (QED) is 0.334. The maximum Gasteiger partial charge on any atom is 0.384 e. The van der Waals surface area contributed by atoms with E-state index in [1.807, 2.05) is 20.8 Å². The Morgan fingerprint density at radius 1 is 1.42 bits per heavy atom. The Morgan fingerprint density at radius 2 is 2.00 bits per heavy atom. The van der Waals surface area contributed by atoms with Crippen LogP contribution in [-0.4, -0.2) is 25.3 Å². The maximum atomic E-state index is 10.5. The molecule has 0 amide bonds. The SMILES string of the molecule is COC(=O)C#CCOC(C)(C)C. The number of methoxy groups -OCH3 is 1. The maximum absolute atomic E-state index is 10.5. The lowest BCUT2D eigenvalue weighted by atomic mass is 10.2. The van der Waals surface area contributed by atoms with Crippen molar-refractivity contribution >= 4 is 5.97 Å². The zero-order chi connectivity index (χ0) is 9.61. The Morgan fingerprint density at radius 3 is 2.42 bits per heavy atom. The van der Waals surface area contributed by atoms with E-state index >= 15 is 0 Å². The van der Waals surface area contributed by atoms with Crippen molar-refractivity contribution in [2.45, 2.75) is 26.4 Å². The van der Waals surface area contributed by atoms with E-state index in [0.717, 1.165) is 0 Å². The van der Waals surface area contributed by atoms with Gasteiger partial charge in [0.2, 0.25) is 0 Å². The van der Waals surface area contributed by atoms with Crippen molar-refractivity contribution in [2.75, 3.05) is 13.7 Å². The van der Waals surface area contributed by atoms with Crippen LogP contribution in [0.1, 0.15) is 20.8 Å². The Kier molecular flexibility index (Phi) is 4.38. The molecule has 0 unspecified atom stereocenters. The Balaban J connectivity index is 3.67. The molecule has 0 atom stereocenters. The lowest BCUT2D eigenvalue weighted by Gasteiger charge is -2.16. The van der Waals surface area contributed by atoms with Crippen LogP contribution in [0.15, 0.2) is 0 Å². The predicted molar refractivity (Wildman–Crippen MR) is 45.5 cm³/mol. The molecule has 0 aromatic carbocycles. The van der Waals surface area contributed by atoms with Gasteiger partial charge in [-0.2, -0.15) is 0 Å². The van der Waals surface area contributed by atoms with E-state index in [1.165, 1.54) is 7.11 Å². The predicted octanol–water partition coefficient (Wildman–Crippen LogP) is 0.978. The molecule has 0 aliphatic heterocycles. The van der Waals surface area contributed by atoms with Gasteiger partial charge in [0.1, 0.15) is 6.61 Å². The van der Waals surface area contributed by atoms with Gasteiger partial charge in [-0.05, 0) is 20.8 Å². The summed E-state index contributed by atoms with van der Waals surface area (Å²) in [5.41, 5.74) is -0.217. The third kappa shape index (κ3) is 7.10. The van der Waals surface area contributed by atoms with Crippen LogP contribution < -0.4 is 0 Å². The summed E-state index contributed by atoms with van der Waals surface area (Å²) < 4.78 is 9.56. The third-order valence-corrected chi connectivity index (χ3v) is 0.953. The van der Waals surface area contributed by atoms with E-state index in [4.69, 9.17) is 4.74 Å². The summed E-state index contributed by atoms with van der Waals surface area (Å²) in [5.74, 6) is 4.28. The number of hydrogen-bond acceptors (Lipinski definition) is 3. The Bertz CT molecular complexity index is 202. The highest BCUT2D eigenvalue weighted by Crippen LogP contribution is 2.04. The van der Waals surface area contributed by atoms with E-state index < -0.39 is 5.97 Å². The molecule has 0 aliphatic rings. The molecule has 3 nitrogen and oxygen atoms in total. The van der Waals surface area contributed by atoms with Crippen LogP contribution in [0.4, 0.5) is 0 Å². The average Bonchev–Trinajstić information content (AvgIpc) is 1.96. The summed E-state index contributed by atoms with van der Waals surface area (Å²) in [5, 5.41) is 0. The highest BCUT2D eigenvalue weighted by Gasteiger charge is 2.07. The summed E-state index contributed by atoms with van der Waals surface area (Å²) >= 11 is 0. The molecular weight excluding hydrogens is 156 g/mol. The first-order valence-corrected chi connectivity index (χ1v) is 3.66. The summed E-state index contributed by atoms with van der Waals surface area (Å²) in [7, 11) is 1.29. The minimum absolute atomic E-state index is 0.217. The van der Waals surface area contributed by atoms with Crippen molar-refractivity contribution in [1.82, 2.24) is 0 Å². The number of carbonyl (C=O) groups is 1. The smallest absolute Gasteiger partial charge is 0.384 e. The molecule has 0 aromatic heterocycles. The number of rotatable bonds is 1. The van der Waals surface area contributed by atoms with E-state index in [2.05, 4.69) is 16.6 Å². The highest BCUT2D eigenvalue weighted by atomic mass is 16.5. The molecule has 0 spiro atoms. The highest BCUT2D eigenvalue weighted by molar-refractivity contribution is 5.88. The lowest BCUT2D eigenvalue weighted by Crippen LogP contribution is -2.19. The van der Waals surface area contributed by atoms with Crippen molar-refractivity contribution in [3.8, 4) is 11.8 Å². The summed E-state index contributed by atoms with van der Waals surface area (Å²) in [6.07, 6.45) is 0. The van der Waals surface area contributed by atoms with E-state index in [9.17, 15) is 4.79 Å². The first-order valence-electron chi connectivity index (χ1n) is 3.66. The molecule has 3 heteroatoms. The van der Waals surface area contributed by atoms with Crippen LogP contribution in [0.5, 0.6) is 0 Å². The minimum atomic E-state index is -0.535. The van der Waals surface area contributed by atoms with Crippen molar-refractivity contribution in [3.63, 3.8) is 0 Å². The standard InChI is InChI=1S/C9H14O3/c1-9(2,3)12-7-5-6-8(10)11-4/h7H2,1-4H3. The number of hydrogen-bond donors (Lipinski definition) is 0. The summed E-state index contributed by atoms with van der Waals surface area (Å²) in [4.78, 5) is 10.5. The second kappa shape index (κ2) is 4.78. The van der Waals surface area contributed by atoms with Gasteiger partial charge < -0.3 is 9.47 Å². The fourth-order valence-corrected chi connectivity index (χ4v) is 0.412. The molecule has 0 bridgehead atoms. The Labute approximate surface area is 73.0 Å². The van der Waals surface area contributed by atoms with Gasteiger partial charge in [0, 0.05) is 5.92 Å². The molecule has 68 valence electrons. The van der Waals surface area contributed by atoms with Crippen molar-refractivity contribution < 1.29 is 14.3 Å². The second-order valence-corrected chi connectivity index (χ2v) is 3.19. The second-order valence-electron chi connectivity index (χ2n) is 3.19. The molecule has 0 saturated heterocycles. The van der Waals surface area contributed by atoms with Gasteiger partial charge in [-0.15, -0.1) is 0 Å². The van der Waals surface area contributed by atoms with Crippen LogP contribution in [0, 0.1) is 11.8 Å². The van der Waals surface area contributed by atoms with Gasteiger partial charge in [-0.1, -0.05) is 5.92 Å². The van der Waals surface area contributed by atoms with Gasteiger partial charge in [0.15, 0.2) is 0 Å². The van der Waals surface area contributed by atoms with E-state index in [1.54, 1.807) is 0 Å². The van der Waals surface area contributed by atoms with Gasteiger partial charge >= 0.3 is 5.97 Å². The van der Waals surface area contributed by atoms with Gasteiger partial charge in [0.05, 0.1) is 12.7 Å². The normalized spacial score (nSPS) is 10.0. The van der Waals surface area contributed by atoms with Gasteiger partial charge in [-0.25, -0.2) is 4.79 Å². The molecular formula is C9H14O3. The van der Waals surface area contributed by atoms with Gasteiger partial charge in [-0.3, -0.25) is 0 Å². The fraction of sp³-hybridized carbons (Fsp3) is 0.667. The molecule has 0 aromatic rings. The van der Waals surface area contributed by atoms with Crippen LogP contribution >= 0.6 is 0 Å². The number of esters is 1. The molecule has 0 fully saturated rings. The largest absolute Gasteiger partial charge is 0.459 e. The molecule has 0 heterocycles. The fourth-order valence-electron chi connectivity index (χ4n) is 0.412. The van der Waals surface area contributed by atoms with Crippen molar-refractivity contribution in [2.24, 2.45) is 0 Å². The van der Waals surface area contributed by atoms with E-state index in [0.29, 0.717) is 0 Å². The van der Waals surface area contributed by atoms with Crippen LogP contribution in [0.3, 0.4) is 0 Å². The summed E-state index contributed by atoms with van der Waals surface area (Å²) in [6.45, 7) is 6.02. The molecule has 0 radical (unpaired) electrons. The van der Waals surface area contributed by atoms with Gasteiger partial charge in [0.25, 0.3) is 0 Å². The van der Waals surface area contributed by atoms with Crippen molar-refractivity contribution in [1.29, 1.82) is 0 Å². The Hall–Kier alpha value is -1.01.